The fourth-order valence-electron chi connectivity index (χ4n) is 5.15. The predicted molar refractivity (Wildman–Crippen MR) is 44.0 cm³/mol. The van der Waals surface area contributed by atoms with Crippen LogP contribution in [0.1, 0.15) is 32.6 Å². The molecule has 0 radical (unpaired) electrons. The van der Waals surface area contributed by atoms with Gasteiger partial charge >= 0.3 is 0 Å². The highest BCUT2D eigenvalue weighted by Gasteiger charge is 2.80. The predicted octanol–water partition coefficient (Wildman–Crippen LogP) is 2.69. The number of hydrogen-bond donors (Lipinski definition) is 0. The van der Waals surface area contributed by atoms with Crippen LogP contribution in [0.5, 0.6) is 0 Å². The lowest BCUT2D eigenvalue weighted by atomic mass is 9.63. The Morgan fingerprint density at radius 3 is 2.36 bits per heavy atom. The van der Waals surface area contributed by atoms with Crippen LogP contribution >= 0.6 is 0 Å². The van der Waals surface area contributed by atoms with Crippen molar-refractivity contribution in [3.63, 3.8) is 0 Å². The van der Waals surface area contributed by atoms with E-state index < -0.39 is 0 Å². The Kier molecular flexibility index (Phi) is 0.661. The summed E-state index contributed by atoms with van der Waals surface area (Å²) in [6.45, 7) is 2.55. The molecule has 1 spiro atoms. The van der Waals surface area contributed by atoms with E-state index in [0.717, 1.165) is 11.3 Å². The average molecular weight is 148 g/mol. The fourth-order valence-corrected chi connectivity index (χ4v) is 5.15. The number of hydrogen-bond acceptors (Lipinski definition) is 0. The van der Waals surface area contributed by atoms with Crippen molar-refractivity contribution in [2.24, 2.45) is 35.0 Å². The number of rotatable bonds is 0. The summed E-state index contributed by atoms with van der Waals surface area (Å²) in [7, 11) is 0. The molecule has 0 bridgehead atoms. The molecule has 0 aliphatic heterocycles. The third-order valence-electron chi connectivity index (χ3n) is 5.86. The Morgan fingerprint density at radius 1 is 1.09 bits per heavy atom. The van der Waals surface area contributed by atoms with Crippen molar-refractivity contribution in [1.82, 2.24) is 0 Å². The van der Waals surface area contributed by atoms with Crippen molar-refractivity contribution < 1.29 is 0 Å². The smallest absolute Gasteiger partial charge is 0.0204 e. The lowest BCUT2D eigenvalue weighted by Gasteiger charge is -2.41. The van der Waals surface area contributed by atoms with Crippen LogP contribution in [0.25, 0.3) is 0 Å². The first kappa shape index (κ1) is 5.61. The summed E-state index contributed by atoms with van der Waals surface area (Å²) in [5.41, 5.74) is 0.964. The van der Waals surface area contributed by atoms with Gasteiger partial charge < -0.3 is 0 Å². The van der Waals surface area contributed by atoms with Crippen LogP contribution in [0.2, 0.25) is 0 Å². The molecule has 0 heteroatoms. The second-order valence-corrected chi connectivity index (χ2v) is 5.48. The summed E-state index contributed by atoms with van der Waals surface area (Å²) < 4.78 is 0. The van der Waals surface area contributed by atoms with E-state index in [1.165, 1.54) is 23.7 Å². The summed E-state index contributed by atoms with van der Waals surface area (Å²) in [5.74, 6) is 6.02. The quantitative estimate of drug-likeness (QED) is 0.495. The van der Waals surface area contributed by atoms with E-state index in [1.807, 2.05) is 0 Å². The molecular weight excluding hydrogens is 132 g/mol. The Labute approximate surface area is 68.4 Å². The van der Waals surface area contributed by atoms with E-state index in [0.29, 0.717) is 0 Å². The van der Waals surface area contributed by atoms with Crippen LogP contribution in [0.3, 0.4) is 0 Å². The van der Waals surface area contributed by atoms with Crippen LogP contribution in [0.4, 0.5) is 0 Å². The van der Waals surface area contributed by atoms with E-state index in [1.54, 1.807) is 25.7 Å². The molecule has 4 aliphatic rings. The molecule has 0 aromatic heterocycles. The minimum atomic E-state index is 0.964. The lowest BCUT2D eigenvalue weighted by molar-refractivity contribution is 0.0773. The average Bonchev–Trinajstić information content (AvgIpc) is 2.17. The van der Waals surface area contributed by atoms with Crippen molar-refractivity contribution in [2.45, 2.75) is 32.6 Å². The molecule has 6 atom stereocenters. The normalized spacial score (nSPS) is 75.5. The van der Waals surface area contributed by atoms with Crippen molar-refractivity contribution in [2.75, 3.05) is 0 Å². The van der Waals surface area contributed by atoms with Crippen LogP contribution in [0.15, 0.2) is 0 Å². The second-order valence-electron chi connectivity index (χ2n) is 5.48. The molecule has 11 heavy (non-hydrogen) atoms. The largest absolute Gasteiger partial charge is 0.0617 e. The first-order valence-electron chi connectivity index (χ1n) is 5.36. The van der Waals surface area contributed by atoms with E-state index in [9.17, 15) is 0 Å². The monoisotopic (exact) mass is 148 g/mol. The summed E-state index contributed by atoms with van der Waals surface area (Å²) in [6, 6.07) is 0. The highest BCUT2D eigenvalue weighted by atomic mass is 14.8. The Hall–Kier alpha value is 0. The molecule has 4 rings (SSSR count). The number of fused-ring (bicyclic) bond motifs is 3. The van der Waals surface area contributed by atoms with Gasteiger partial charge in [-0.15, -0.1) is 0 Å². The molecule has 60 valence electrons. The van der Waals surface area contributed by atoms with Gasteiger partial charge in [0.1, 0.15) is 0 Å². The maximum atomic E-state index is 2.55. The third-order valence-corrected chi connectivity index (χ3v) is 5.86. The van der Waals surface area contributed by atoms with Crippen LogP contribution in [0, 0.1) is 35.0 Å². The van der Waals surface area contributed by atoms with Gasteiger partial charge in [-0.25, -0.2) is 0 Å². The van der Waals surface area contributed by atoms with Crippen LogP contribution in [-0.2, 0) is 0 Å². The SMILES string of the molecule is CC1C2CCC2C2C3CCC132. The third kappa shape index (κ3) is 0.346. The minimum absolute atomic E-state index is 0.964. The van der Waals surface area contributed by atoms with Gasteiger partial charge in [0.2, 0.25) is 0 Å². The molecule has 6 unspecified atom stereocenters. The first-order valence-corrected chi connectivity index (χ1v) is 5.36. The van der Waals surface area contributed by atoms with Crippen molar-refractivity contribution >= 4 is 0 Å². The molecule has 0 saturated heterocycles. The highest BCUT2D eigenvalue weighted by molar-refractivity contribution is 5.28. The van der Waals surface area contributed by atoms with Crippen LogP contribution < -0.4 is 0 Å². The highest BCUT2D eigenvalue weighted by Crippen LogP contribution is 2.86. The summed E-state index contributed by atoms with van der Waals surface area (Å²) in [5, 5.41) is 0. The summed E-state index contributed by atoms with van der Waals surface area (Å²) in [4.78, 5) is 0. The zero-order valence-electron chi connectivity index (χ0n) is 7.22. The second kappa shape index (κ2) is 1.30. The minimum Gasteiger partial charge on any atom is -0.0617 e. The first-order chi connectivity index (χ1) is 5.36. The molecular formula is C11H16. The van der Waals surface area contributed by atoms with E-state index in [-0.39, 0.29) is 0 Å². The summed E-state index contributed by atoms with van der Waals surface area (Å²) in [6.07, 6.45) is 6.38. The fraction of sp³-hybridized carbons (Fsp3) is 1.00. The van der Waals surface area contributed by atoms with Gasteiger partial charge in [-0.05, 0) is 60.7 Å². The van der Waals surface area contributed by atoms with E-state index >= 15 is 0 Å². The molecule has 0 heterocycles. The van der Waals surface area contributed by atoms with Gasteiger partial charge in [0.15, 0.2) is 0 Å². The van der Waals surface area contributed by atoms with E-state index in [4.69, 9.17) is 0 Å². The Bertz CT molecular complexity index is 228. The molecule has 4 aliphatic carbocycles. The Balaban J connectivity index is 1.81. The Morgan fingerprint density at radius 2 is 1.91 bits per heavy atom. The van der Waals surface area contributed by atoms with Crippen molar-refractivity contribution in [1.29, 1.82) is 0 Å². The zero-order chi connectivity index (χ0) is 7.22. The van der Waals surface area contributed by atoms with Crippen LogP contribution in [-0.4, -0.2) is 0 Å². The topological polar surface area (TPSA) is 0 Å². The molecule has 0 aromatic rings. The van der Waals surface area contributed by atoms with Gasteiger partial charge in [-0.2, -0.15) is 0 Å². The molecule has 0 N–H and O–H groups in total. The maximum Gasteiger partial charge on any atom is -0.0204 e. The summed E-state index contributed by atoms with van der Waals surface area (Å²) >= 11 is 0. The van der Waals surface area contributed by atoms with Gasteiger partial charge in [0, 0.05) is 0 Å². The molecule has 0 nitrogen and oxygen atoms in total. The van der Waals surface area contributed by atoms with Crippen molar-refractivity contribution in [3.8, 4) is 0 Å². The molecule has 4 saturated carbocycles. The zero-order valence-corrected chi connectivity index (χ0v) is 7.22. The van der Waals surface area contributed by atoms with Gasteiger partial charge in [0.25, 0.3) is 0 Å². The molecule has 4 fully saturated rings. The maximum absolute atomic E-state index is 2.55. The van der Waals surface area contributed by atoms with Crippen molar-refractivity contribution in [3.05, 3.63) is 0 Å². The van der Waals surface area contributed by atoms with Gasteiger partial charge in [-0.1, -0.05) is 6.92 Å². The van der Waals surface area contributed by atoms with Gasteiger partial charge in [0.05, 0.1) is 0 Å². The van der Waals surface area contributed by atoms with Gasteiger partial charge in [-0.3, -0.25) is 0 Å². The molecule has 0 amide bonds. The molecule has 0 aromatic carbocycles. The standard InChI is InChI=1S/C11H16/c1-6-7-2-3-8(7)10-9-4-5-11(6,9)10/h6-10H,2-5H2,1H3. The van der Waals surface area contributed by atoms with E-state index in [2.05, 4.69) is 6.92 Å². The lowest BCUT2D eigenvalue weighted by Crippen LogP contribution is -2.33.